The monoisotopic (exact) mass is 524 g/mol. The molecule has 5 aromatic carbocycles. The molecular formula is C37H24N4. The average molecular weight is 525 g/mol. The van der Waals surface area contributed by atoms with E-state index in [2.05, 4.69) is 94.8 Å². The molecule has 41 heavy (non-hydrogen) atoms. The molecule has 0 aliphatic carbocycles. The second-order valence-electron chi connectivity index (χ2n) is 9.59. The maximum absolute atomic E-state index is 9.13. The predicted molar refractivity (Wildman–Crippen MR) is 165 cm³/mol. The van der Waals surface area contributed by atoms with Gasteiger partial charge in [-0.05, 0) is 106 Å². The standard InChI is InChI=1S/C37H24N4/c38-25-27-1-5-29(6-2-27)31-9-15-35(16-10-31)41(37-19-13-33(14-20-37)34-21-23-40-24-22-34)36-17-11-32(12-18-36)30-7-3-28(26-39)4-8-30/h1-24H. The van der Waals surface area contributed by atoms with Crippen LogP contribution in [0.1, 0.15) is 11.1 Å². The summed E-state index contributed by atoms with van der Waals surface area (Å²) in [5.41, 5.74) is 11.0. The molecule has 0 aliphatic rings. The lowest BCUT2D eigenvalue weighted by atomic mass is 10.0. The average Bonchev–Trinajstić information content (AvgIpc) is 3.06. The van der Waals surface area contributed by atoms with E-state index in [9.17, 15) is 0 Å². The van der Waals surface area contributed by atoms with Gasteiger partial charge in [-0.1, -0.05) is 60.7 Å². The molecule has 0 bridgehead atoms. The molecule has 6 aromatic rings. The van der Waals surface area contributed by atoms with E-state index in [0.29, 0.717) is 11.1 Å². The molecule has 0 saturated heterocycles. The molecule has 0 unspecified atom stereocenters. The van der Waals surface area contributed by atoms with Crippen molar-refractivity contribution in [1.82, 2.24) is 4.98 Å². The van der Waals surface area contributed by atoms with Crippen molar-refractivity contribution in [1.29, 1.82) is 10.5 Å². The summed E-state index contributed by atoms with van der Waals surface area (Å²) in [4.78, 5) is 6.37. The molecule has 1 heterocycles. The minimum Gasteiger partial charge on any atom is -0.311 e. The van der Waals surface area contributed by atoms with Crippen LogP contribution in [0.2, 0.25) is 0 Å². The topological polar surface area (TPSA) is 63.7 Å². The van der Waals surface area contributed by atoms with Gasteiger partial charge in [0.1, 0.15) is 0 Å². The van der Waals surface area contributed by atoms with E-state index in [1.165, 1.54) is 0 Å². The first kappa shape index (κ1) is 25.3. The van der Waals surface area contributed by atoms with E-state index in [1.54, 1.807) is 12.4 Å². The van der Waals surface area contributed by atoms with Crippen molar-refractivity contribution < 1.29 is 0 Å². The Labute approximate surface area is 239 Å². The van der Waals surface area contributed by atoms with Crippen LogP contribution in [-0.2, 0) is 0 Å². The minimum atomic E-state index is 0.649. The van der Waals surface area contributed by atoms with Crippen molar-refractivity contribution in [3.63, 3.8) is 0 Å². The molecule has 0 amide bonds. The van der Waals surface area contributed by atoms with Crippen LogP contribution in [0, 0.1) is 22.7 Å². The van der Waals surface area contributed by atoms with E-state index < -0.39 is 0 Å². The minimum absolute atomic E-state index is 0.649. The van der Waals surface area contributed by atoms with Crippen molar-refractivity contribution >= 4 is 17.1 Å². The highest BCUT2D eigenvalue weighted by molar-refractivity contribution is 5.81. The summed E-state index contributed by atoms with van der Waals surface area (Å²) in [6.07, 6.45) is 3.61. The van der Waals surface area contributed by atoms with Crippen molar-refractivity contribution in [3.8, 4) is 45.5 Å². The van der Waals surface area contributed by atoms with Gasteiger partial charge in [0, 0.05) is 29.5 Å². The Morgan fingerprint density at radius 3 is 0.927 bits per heavy atom. The van der Waals surface area contributed by atoms with Crippen LogP contribution >= 0.6 is 0 Å². The lowest BCUT2D eigenvalue weighted by molar-refractivity contribution is 1.28. The Bertz CT molecular complexity index is 1740. The smallest absolute Gasteiger partial charge is 0.0991 e. The first-order valence-electron chi connectivity index (χ1n) is 13.2. The predicted octanol–water partition coefficient (Wildman–Crippen LogP) is 9.30. The number of nitriles is 2. The van der Waals surface area contributed by atoms with Crippen LogP contribution in [0.25, 0.3) is 33.4 Å². The summed E-state index contributed by atoms with van der Waals surface area (Å²) < 4.78 is 0. The summed E-state index contributed by atoms with van der Waals surface area (Å²) in [6.45, 7) is 0. The zero-order valence-electron chi connectivity index (χ0n) is 22.1. The molecule has 1 aromatic heterocycles. The normalized spacial score (nSPS) is 10.4. The van der Waals surface area contributed by atoms with E-state index in [1.807, 2.05) is 60.7 Å². The lowest BCUT2D eigenvalue weighted by Crippen LogP contribution is -2.09. The molecule has 4 heteroatoms. The number of nitrogens with zero attached hydrogens (tertiary/aromatic N) is 4. The highest BCUT2D eigenvalue weighted by atomic mass is 15.1. The fraction of sp³-hybridized carbons (Fsp3) is 0. The highest BCUT2D eigenvalue weighted by Crippen LogP contribution is 2.37. The molecule has 192 valence electrons. The van der Waals surface area contributed by atoms with Gasteiger partial charge in [0.15, 0.2) is 0 Å². The largest absolute Gasteiger partial charge is 0.311 e. The molecule has 0 spiro atoms. The Kier molecular flexibility index (Phi) is 7.05. The molecule has 4 nitrogen and oxygen atoms in total. The van der Waals surface area contributed by atoms with E-state index in [4.69, 9.17) is 10.5 Å². The SMILES string of the molecule is N#Cc1ccc(-c2ccc(N(c3ccc(-c4ccncc4)cc3)c3ccc(-c4ccc(C#N)cc4)cc3)cc2)cc1. The number of rotatable bonds is 6. The molecule has 0 saturated carbocycles. The van der Waals surface area contributed by atoms with E-state index >= 15 is 0 Å². The molecule has 0 aliphatic heterocycles. The molecule has 0 fully saturated rings. The van der Waals surface area contributed by atoms with Crippen LogP contribution in [0.3, 0.4) is 0 Å². The Balaban J connectivity index is 1.36. The van der Waals surface area contributed by atoms with Crippen molar-refractivity contribution in [2.24, 2.45) is 0 Å². The summed E-state index contributed by atoms with van der Waals surface area (Å²) in [5.74, 6) is 0. The lowest BCUT2D eigenvalue weighted by Gasteiger charge is -2.26. The van der Waals surface area contributed by atoms with Gasteiger partial charge < -0.3 is 4.90 Å². The van der Waals surface area contributed by atoms with Crippen LogP contribution in [-0.4, -0.2) is 4.98 Å². The van der Waals surface area contributed by atoms with E-state index in [0.717, 1.165) is 50.4 Å². The maximum atomic E-state index is 9.13. The van der Waals surface area contributed by atoms with Gasteiger partial charge in [-0.3, -0.25) is 4.98 Å². The van der Waals surface area contributed by atoms with E-state index in [-0.39, 0.29) is 0 Å². The summed E-state index contributed by atoms with van der Waals surface area (Å²) in [5, 5.41) is 18.3. The second kappa shape index (κ2) is 11.4. The highest BCUT2D eigenvalue weighted by Gasteiger charge is 2.14. The summed E-state index contributed by atoms with van der Waals surface area (Å²) >= 11 is 0. The van der Waals surface area contributed by atoms with Crippen LogP contribution in [0.5, 0.6) is 0 Å². The van der Waals surface area contributed by atoms with Crippen LogP contribution in [0.4, 0.5) is 17.1 Å². The van der Waals surface area contributed by atoms with Crippen molar-refractivity contribution in [3.05, 3.63) is 157 Å². The zero-order chi connectivity index (χ0) is 28.0. The fourth-order valence-electron chi connectivity index (χ4n) is 4.87. The van der Waals surface area contributed by atoms with Gasteiger partial charge >= 0.3 is 0 Å². The summed E-state index contributed by atoms with van der Waals surface area (Å²) in [6, 6.07) is 49.1. The van der Waals surface area contributed by atoms with Crippen LogP contribution < -0.4 is 4.90 Å². The number of hydrogen-bond donors (Lipinski definition) is 0. The molecule has 0 atom stereocenters. The fourth-order valence-corrected chi connectivity index (χ4v) is 4.87. The third-order valence-corrected chi connectivity index (χ3v) is 7.08. The number of hydrogen-bond acceptors (Lipinski definition) is 4. The maximum Gasteiger partial charge on any atom is 0.0991 e. The molecular weight excluding hydrogens is 500 g/mol. The first-order valence-corrected chi connectivity index (χ1v) is 13.2. The van der Waals surface area contributed by atoms with Gasteiger partial charge in [0.05, 0.1) is 23.3 Å². The van der Waals surface area contributed by atoms with Gasteiger partial charge in [0.2, 0.25) is 0 Å². The third-order valence-electron chi connectivity index (χ3n) is 7.08. The molecule has 0 radical (unpaired) electrons. The Hall–Kier alpha value is -5.97. The van der Waals surface area contributed by atoms with Gasteiger partial charge in [0.25, 0.3) is 0 Å². The molecule has 6 rings (SSSR count). The zero-order valence-corrected chi connectivity index (χ0v) is 22.1. The number of pyridine rings is 1. The Morgan fingerprint density at radius 2 is 0.634 bits per heavy atom. The third kappa shape index (κ3) is 5.45. The number of aromatic nitrogens is 1. The van der Waals surface area contributed by atoms with Crippen LogP contribution in [0.15, 0.2) is 146 Å². The Morgan fingerprint density at radius 1 is 0.366 bits per heavy atom. The summed E-state index contributed by atoms with van der Waals surface area (Å²) in [7, 11) is 0. The van der Waals surface area contributed by atoms with Gasteiger partial charge in [-0.15, -0.1) is 0 Å². The van der Waals surface area contributed by atoms with Gasteiger partial charge in [-0.2, -0.15) is 10.5 Å². The van der Waals surface area contributed by atoms with Gasteiger partial charge in [-0.25, -0.2) is 0 Å². The first-order chi connectivity index (χ1) is 20.2. The molecule has 0 N–H and O–H groups in total. The second-order valence-corrected chi connectivity index (χ2v) is 9.59. The van der Waals surface area contributed by atoms with Crippen molar-refractivity contribution in [2.75, 3.05) is 4.90 Å². The van der Waals surface area contributed by atoms with Crippen molar-refractivity contribution in [2.45, 2.75) is 0 Å². The number of anilines is 3. The quantitative estimate of drug-likeness (QED) is 0.218. The number of benzene rings is 5.